The minimum Gasteiger partial charge on any atom is -0.343 e. The first-order chi connectivity index (χ1) is 9.63. The van der Waals surface area contributed by atoms with Gasteiger partial charge in [0.05, 0.1) is 0 Å². The van der Waals surface area contributed by atoms with Gasteiger partial charge in [0.25, 0.3) is 0 Å². The van der Waals surface area contributed by atoms with E-state index in [-0.39, 0.29) is 11.8 Å². The highest BCUT2D eigenvalue weighted by atomic mass is 16.2. The molecule has 2 amide bonds. The van der Waals surface area contributed by atoms with E-state index in [1.54, 1.807) is 0 Å². The normalized spacial score (nSPS) is 16.2. The Bertz CT molecular complexity index is 304. The molecule has 1 aliphatic heterocycles. The van der Waals surface area contributed by atoms with E-state index in [1.165, 1.54) is 0 Å². The summed E-state index contributed by atoms with van der Waals surface area (Å²) in [7, 11) is 0. The van der Waals surface area contributed by atoms with Gasteiger partial charge in [-0.05, 0) is 32.1 Å². The zero-order valence-corrected chi connectivity index (χ0v) is 13.4. The van der Waals surface area contributed by atoms with Crippen molar-refractivity contribution in [3.63, 3.8) is 0 Å². The van der Waals surface area contributed by atoms with Crippen LogP contribution in [0.3, 0.4) is 0 Å². The Kier molecular flexibility index (Phi) is 7.63. The molecule has 1 aliphatic rings. The van der Waals surface area contributed by atoms with Crippen LogP contribution in [0.4, 0.5) is 0 Å². The van der Waals surface area contributed by atoms with Gasteiger partial charge < -0.3 is 9.80 Å². The third-order valence-corrected chi connectivity index (χ3v) is 3.96. The molecule has 0 aromatic carbocycles. The maximum atomic E-state index is 12.5. The van der Waals surface area contributed by atoms with E-state index in [9.17, 15) is 9.59 Å². The molecule has 0 spiro atoms. The van der Waals surface area contributed by atoms with Crippen LogP contribution in [-0.2, 0) is 9.59 Å². The topological polar surface area (TPSA) is 40.6 Å². The van der Waals surface area contributed by atoms with E-state index in [4.69, 9.17) is 0 Å². The quantitative estimate of drug-likeness (QED) is 0.720. The summed E-state index contributed by atoms with van der Waals surface area (Å²) in [5.74, 6) is 0.674. The zero-order chi connectivity index (χ0) is 15.0. The maximum absolute atomic E-state index is 12.5. The number of carbonyl (C=O) groups is 2. The van der Waals surface area contributed by atoms with E-state index >= 15 is 0 Å². The average molecular weight is 282 g/mol. The molecule has 0 radical (unpaired) electrons. The zero-order valence-electron chi connectivity index (χ0n) is 13.4. The lowest BCUT2D eigenvalue weighted by Gasteiger charge is -2.34. The molecule has 0 aromatic rings. The van der Waals surface area contributed by atoms with E-state index in [1.807, 2.05) is 16.7 Å². The van der Waals surface area contributed by atoms with Crippen molar-refractivity contribution in [3.05, 3.63) is 0 Å². The molecule has 0 bridgehead atoms. The summed E-state index contributed by atoms with van der Waals surface area (Å²) in [6, 6.07) is 0. The molecule has 1 fully saturated rings. The van der Waals surface area contributed by atoms with Crippen molar-refractivity contribution < 1.29 is 9.59 Å². The predicted molar refractivity (Wildman–Crippen MR) is 81.4 cm³/mol. The van der Waals surface area contributed by atoms with Crippen LogP contribution in [0, 0.1) is 5.92 Å². The highest BCUT2D eigenvalue weighted by Crippen LogP contribution is 2.20. The second-order valence-electron chi connectivity index (χ2n) is 5.73. The minimum atomic E-state index is 0.124. The van der Waals surface area contributed by atoms with Gasteiger partial charge in [0, 0.05) is 38.5 Å². The predicted octanol–water partition coefficient (Wildman–Crippen LogP) is 2.67. The summed E-state index contributed by atoms with van der Waals surface area (Å²) in [5.41, 5.74) is 0. The van der Waals surface area contributed by atoms with Crippen LogP contribution in [0.5, 0.6) is 0 Å². The minimum absolute atomic E-state index is 0.124. The molecule has 0 unspecified atom stereocenters. The first-order valence-corrected chi connectivity index (χ1v) is 8.20. The van der Waals surface area contributed by atoms with Crippen LogP contribution < -0.4 is 0 Å². The molecular weight excluding hydrogens is 252 g/mol. The van der Waals surface area contributed by atoms with Gasteiger partial charge in [-0.2, -0.15) is 0 Å². The van der Waals surface area contributed by atoms with Crippen molar-refractivity contribution in [3.8, 4) is 0 Å². The van der Waals surface area contributed by atoms with Crippen LogP contribution in [-0.4, -0.2) is 47.8 Å². The molecule has 0 atom stereocenters. The van der Waals surface area contributed by atoms with E-state index in [2.05, 4.69) is 13.8 Å². The van der Waals surface area contributed by atoms with Crippen molar-refractivity contribution in [2.75, 3.05) is 26.2 Å². The summed E-state index contributed by atoms with van der Waals surface area (Å²) < 4.78 is 0. The molecule has 1 rings (SSSR count). The second-order valence-corrected chi connectivity index (χ2v) is 5.73. The number of carbonyl (C=O) groups excluding carboxylic acids is 2. The van der Waals surface area contributed by atoms with Crippen molar-refractivity contribution in [2.45, 2.75) is 59.3 Å². The summed E-state index contributed by atoms with van der Waals surface area (Å²) in [6.07, 6.45) is 5.23. The van der Waals surface area contributed by atoms with Crippen molar-refractivity contribution >= 4 is 11.8 Å². The highest BCUT2D eigenvalue weighted by molar-refractivity contribution is 5.80. The Labute approximate surface area is 123 Å². The average Bonchev–Trinajstić information content (AvgIpc) is 2.47. The fourth-order valence-electron chi connectivity index (χ4n) is 2.88. The SMILES string of the molecule is CCCC(=O)N1CCC(C(=O)N(CCC)CCC)CC1. The molecule has 116 valence electrons. The van der Waals surface area contributed by atoms with Gasteiger partial charge in [0.15, 0.2) is 0 Å². The van der Waals surface area contributed by atoms with Gasteiger partial charge in [0.1, 0.15) is 0 Å². The number of nitrogens with zero attached hydrogens (tertiary/aromatic N) is 2. The smallest absolute Gasteiger partial charge is 0.225 e. The van der Waals surface area contributed by atoms with Crippen LogP contribution in [0.25, 0.3) is 0 Å². The molecule has 1 heterocycles. The van der Waals surface area contributed by atoms with Gasteiger partial charge in [-0.1, -0.05) is 20.8 Å². The number of hydrogen-bond acceptors (Lipinski definition) is 2. The van der Waals surface area contributed by atoms with Crippen LogP contribution in [0.1, 0.15) is 59.3 Å². The van der Waals surface area contributed by atoms with E-state index in [0.29, 0.717) is 12.3 Å². The fraction of sp³-hybridized carbons (Fsp3) is 0.875. The number of likely N-dealkylation sites (tertiary alicyclic amines) is 1. The Morgan fingerprint density at radius 1 is 1.00 bits per heavy atom. The van der Waals surface area contributed by atoms with Crippen LogP contribution in [0.2, 0.25) is 0 Å². The van der Waals surface area contributed by atoms with Gasteiger partial charge in [-0.25, -0.2) is 0 Å². The van der Waals surface area contributed by atoms with Crippen molar-refractivity contribution in [1.82, 2.24) is 9.80 Å². The largest absolute Gasteiger partial charge is 0.343 e. The summed E-state index contributed by atoms with van der Waals surface area (Å²) in [6.45, 7) is 9.48. The van der Waals surface area contributed by atoms with E-state index < -0.39 is 0 Å². The fourth-order valence-corrected chi connectivity index (χ4v) is 2.88. The highest BCUT2D eigenvalue weighted by Gasteiger charge is 2.29. The lowest BCUT2D eigenvalue weighted by Crippen LogP contribution is -2.44. The Morgan fingerprint density at radius 2 is 1.55 bits per heavy atom. The number of amides is 2. The Hall–Kier alpha value is -1.06. The molecule has 0 saturated carbocycles. The Morgan fingerprint density at radius 3 is 2.00 bits per heavy atom. The number of piperidine rings is 1. The summed E-state index contributed by atoms with van der Waals surface area (Å²) >= 11 is 0. The summed E-state index contributed by atoms with van der Waals surface area (Å²) in [5, 5.41) is 0. The van der Waals surface area contributed by atoms with Crippen LogP contribution in [0.15, 0.2) is 0 Å². The number of hydrogen-bond donors (Lipinski definition) is 0. The molecule has 4 heteroatoms. The molecule has 1 saturated heterocycles. The van der Waals surface area contributed by atoms with Gasteiger partial charge >= 0.3 is 0 Å². The summed E-state index contributed by atoms with van der Waals surface area (Å²) in [4.78, 5) is 28.3. The third-order valence-electron chi connectivity index (χ3n) is 3.96. The molecule has 0 N–H and O–H groups in total. The van der Waals surface area contributed by atoms with Gasteiger partial charge in [-0.15, -0.1) is 0 Å². The lowest BCUT2D eigenvalue weighted by atomic mass is 9.94. The lowest BCUT2D eigenvalue weighted by molar-refractivity contribution is -0.140. The number of rotatable bonds is 7. The molecule has 0 aromatic heterocycles. The van der Waals surface area contributed by atoms with E-state index in [0.717, 1.165) is 58.3 Å². The second kappa shape index (κ2) is 8.98. The molecule has 0 aliphatic carbocycles. The van der Waals surface area contributed by atoms with Gasteiger partial charge in [-0.3, -0.25) is 9.59 Å². The maximum Gasteiger partial charge on any atom is 0.225 e. The molecule has 4 nitrogen and oxygen atoms in total. The molecular formula is C16H30N2O2. The van der Waals surface area contributed by atoms with Gasteiger partial charge in [0.2, 0.25) is 11.8 Å². The standard InChI is InChI=1S/C16H30N2O2/c1-4-7-15(19)17-12-8-14(9-13-17)16(20)18(10-5-2)11-6-3/h14H,4-13H2,1-3H3. The first-order valence-electron chi connectivity index (χ1n) is 8.20. The Balaban J connectivity index is 2.46. The van der Waals surface area contributed by atoms with Crippen LogP contribution >= 0.6 is 0 Å². The first kappa shape index (κ1) is 17.0. The van der Waals surface area contributed by atoms with Crippen molar-refractivity contribution in [1.29, 1.82) is 0 Å². The molecule has 20 heavy (non-hydrogen) atoms. The monoisotopic (exact) mass is 282 g/mol. The third kappa shape index (κ3) is 4.80. The van der Waals surface area contributed by atoms with Crippen molar-refractivity contribution in [2.24, 2.45) is 5.92 Å².